The first-order valence-corrected chi connectivity index (χ1v) is 7.05. The van der Waals surface area contributed by atoms with Crippen LogP contribution in [0.25, 0.3) is 0 Å². The number of benzene rings is 1. The van der Waals surface area contributed by atoms with Gasteiger partial charge in [-0.15, -0.1) is 0 Å². The normalized spacial score (nSPS) is 12.4. The van der Waals surface area contributed by atoms with Crippen molar-refractivity contribution >= 4 is 21.9 Å². The van der Waals surface area contributed by atoms with Gasteiger partial charge in [-0.1, -0.05) is 41.8 Å². The predicted molar refractivity (Wildman–Crippen MR) is 76.7 cm³/mol. The molecule has 1 atom stereocenters. The molecule has 0 spiro atoms. The lowest BCUT2D eigenvalue weighted by Crippen LogP contribution is -2.36. The van der Waals surface area contributed by atoms with Crippen LogP contribution >= 0.6 is 15.9 Å². The number of carboxylic acid groups (broad SMARTS) is 1. The fourth-order valence-electron chi connectivity index (χ4n) is 1.81. The maximum Gasteiger partial charge on any atom is 0.320 e. The quantitative estimate of drug-likeness (QED) is 0.810. The molecule has 1 aromatic carbocycles. The zero-order chi connectivity index (χ0) is 13.5. The van der Waals surface area contributed by atoms with E-state index < -0.39 is 12.0 Å². The Hall–Kier alpha value is -0.870. The lowest BCUT2D eigenvalue weighted by atomic mass is 10.1. The Morgan fingerprint density at radius 3 is 2.78 bits per heavy atom. The number of carbonyl (C=O) groups is 1. The van der Waals surface area contributed by atoms with Crippen LogP contribution in [0.15, 0.2) is 22.7 Å². The van der Waals surface area contributed by atoms with Crippen LogP contribution in [0.4, 0.5) is 0 Å². The third-order valence-corrected chi connectivity index (χ3v) is 3.48. The lowest BCUT2D eigenvalue weighted by molar-refractivity contribution is -0.139. The van der Waals surface area contributed by atoms with Crippen LogP contribution in [-0.4, -0.2) is 17.1 Å². The van der Waals surface area contributed by atoms with Crippen molar-refractivity contribution in [3.8, 4) is 0 Å². The van der Waals surface area contributed by atoms with Crippen LogP contribution in [0.3, 0.4) is 0 Å². The molecule has 0 fully saturated rings. The van der Waals surface area contributed by atoms with E-state index in [9.17, 15) is 4.79 Å². The van der Waals surface area contributed by atoms with Crippen molar-refractivity contribution in [1.82, 2.24) is 5.32 Å². The van der Waals surface area contributed by atoms with Crippen molar-refractivity contribution in [2.45, 2.75) is 45.7 Å². The smallest absolute Gasteiger partial charge is 0.320 e. The Labute approximate surface area is 117 Å². The zero-order valence-electron chi connectivity index (χ0n) is 10.9. The molecule has 0 radical (unpaired) electrons. The van der Waals surface area contributed by atoms with E-state index in [1.54, 1.807) is 0 Å². The van der Waals surface area contributed by atoms with Crippen molar-refractivity contribution in [3.05, 3.63) is 33.8 Å². The van der Waals surface area contributed by atoms with E-state index in [0.29, 0.717) is 13.0 Å². The summed E-state index contributed by atoms with van der Waals surface area (Å²) in [4.78, 5) is 11.1. The first kappa shape index (κ1) is 15.2. The van der Waals surface area contributed by atoms with Gasteiger partial charge in [-0.3, -0.25) is 4.79 Å². The second kappa shape index (κ2) is 7.54. The molecule has 1 rings (SSSR count). The minimum absolute atomic E-state index is 0.451. The molecule has 2 N–H and O–H groups in total. The van der Waals surface area contributed by atoms with Crippen molar-refractivity contribution in [3.63, 3.8) is 0 Å². The number of nitrogens with one attached hydrogen (secondary N) is 1. The number of aliphatic carboxylic acids is 1. The molecule has 0 aliphatic rings. The highest BCUT2D eigenvalue weighted by Crippen LogP contribution is 2.16. The van der Waals surface area contributed by atoms with E-state index in [4.69, 9.17) is 5.11 Å². The third-order valence-electron chi connectivity index (χ3n) is 2.99. The minimum atomic E-state index is -0.766. The first-order valence-electron chi connectivity index (χ1n) is 6.25. The summed E-state index contributed by atoms with van der Waals surface area (Å²) in [5.41, 5.74) is 2.30. The van der Waals surface area contributed by atoms with Crippen LogP contribution in [-0.2, 0) is 11.3 Å². The van der Waals surface area contributed by atoms with Crippen LogP contribution in [0.2, 0.25) is 0 Å². The van der Waals surface area contributed by atoms with Gasteiger partial charge in [-0.25, -0.2) is 0 Å². The summed E-state index contributed by atoms with van der Waals surface area (Å²) in [6.07, 6.45) is 2.63. The molecule has 1 aromatic rings. The molecule has 100 valence electrons. The Bertz CT molecular complexity index is 407. The summed E-state index contributed by atoms with van der Waals surface area (Å²) >= 11 is 3.42. The molecule has 0 bridgehead atoms. The number of aryl methyl sites for hydroxylation is 1. The van der Waals surface area contributed by atoms with Crippen molar-refractivity contribution in [2.24, 2.45) is 0 Å². The van der Waals surface area contributed by atoms with E-state index >= 15 is 0 Å². The van der Waals surface area contributed by atoms with Crippen molar-refractivity contribution in [2.75, 3.05) is 0 Å². The summed E-state index contributed by atoms with van der Waals surface area (Å²) in [5, 5.41) is 12.2. The van der Waals surface area contributed by atoms with Crippen molar-refractivity contribution in [1.29, 1.82) is 0 Å². The molecule has 0 aliphatic heterocycles. The number of rotatable bonds is 7. The molecule has 0 saturated carbocycles. The van der Waals surface area contributed by atoms with E-state index in [2.05, 4.69) is 28.2 Å². The highest BCUT2D eigenvalue weighted by molar-refractivity contribution is 9.10. The van der Waals surface area contributed by atoms with Crippen LogP contribution in [0.5, 0.6) is 0 Å². The second-order valence-corrected chi connectivity index (χ2v) is 5.40. The maximum atomic E-state index is 11.1. The monoisotopic (exact) mass is 313 g/mol. The van der Waals surface area contributed by atoms with Crippen molar-refractivity contribution < 1.29 is 9.90 Å². The summed E-state index contributed by atoms with van der Waals surface area (Å²) in [6, 6.07) is 5.59. The van der Waals surface area contributed by atoms with Crippen LogP contribution in [0, 0.1) is 6.92 Å². The molecule has 3 nitrogen and oxygen atoms in total. The summed E-state index contributed by atoms with van der Waals surface area (Å²) in [6.45, 7) is 4.70. The van der Waals surface area contributed by atoms with Gasteiger partial charge in [0.15, 0.2) is 0 Å². The molecular weight excluding hydrogens is 294 g/mol. The molecule has 0 aromatic heterocycles. The fourth-order valence-corrected chi connectivity index (χ4v) is 2.29. The summed E-state index contributed by atoms with van der Waals surface area (Å²) in [5.74, 6) is -0.766. The second-order valence-electron chi connectivity index (χ2n) is 4.48. The number of carboxylic acids is 1. The van der Waals surface area contributed by atoms with E-state index in [1.165, 1.54) is 0 Å². The van der Waals surface area contributed by atoms with Crippen LogP contribution in [0.1, 0.15) is 37.3 Å². The van der Waals surface area contributed by atoms with E-state index in [-0.39, 0.29) is 0 Å². The van der Waals surface area contributed by atoms with Gasteiger partial charge in [-0.2, -0.15) is 0 Å². The Balaban J connectivity index is 2.58. The Kier molecular flexibility index (Phi) is 6.36. The number of halogens is 1. The standard InChI is InChI=1S/C14H20BrNO2/c1-3-4-5-13(14(17)18)16-9-11-6-7-12(15)8-10(11)2/h6-8,13,16H,3-5,9H2,1-2H3,(H,17,18)/t13-/m0/s1. The molecule has 4 heteroatoms. The van der Waals surface area contributed by atoms with Gasteiger partial charge >= 0.3 is 5.97 Å². The number of hydrogen-bond acceptors (Lipinski definition) is 2. The molecule has 0 saturated heterocycles. The Morgan fingerprint density at radius 2 is 2.22 bits per heavy atom. The highest BCUT2D eigenvalue weighted by atomic mass is 79.9. The van der Waals surface area contributed by atoms with Gasteiger partial charge in [0.05, 0.1) is 0 Å². The molecule has 0 heterocycles. The third kappa shape index (κ3) is 4.78. The van der Waals surface area contributed by atoms with E-state index in [0.717, 1.165) is 28.4 Å². The van der Waals surface area contributed by atoms with Gasteiger partial charge in [0.25, 0.3) is 0 Å². The van der Waals surface area contributed by atoms with Crippen LogP contribution < -0.4 is 5.32 Å². The summed E-state index contributed by atoms with van der Waals surface area (Å²) in [7, 11) is 0. The summed E-state index contributed by atoms with van der Waals surface area (Å²) < 4.78 is 1.05. The van der Waals surface area contributed by atoms with Gasteiger partial charge in [0.1, 0.15) is 6.04 Å². The maximum absolute atomic E-state index is 11.1. The fraction of sp³-hybridized carbons (Fsp3) is 0.500. The topological polar surface area (TPSA) is 49.3 Å². The molecule has 0 amide bonds. The molecule has 0 aliphatic carbocycles. The Morgan fingerprint density at radius 1 is 1.50 bits per heavy atom. The molecule has 18 heavy (non-hydrogen) atoms. The van der Waals surface area contributed by atoms with Gasteiger partial charge in [0, 0.05) is 11.0 Å². The SMILES string of the molecule is CCCC[C@H](NCc1ccc(Br)cc1C)C(=O)O. The highest BCUT2D eigenvalue weighted by Gasteiger charge is 2.15. The van der Waals surface area contributed by atoms with E-state index in [1.807, 2.05) is 25.1 Å². The number of hydrogen-bond donors (Lipinski definition) is 2. The van der Waals surface area contributed by atoms with Gasteiger partial charge < -0.3 is 10.4 Å². The van der Waals surface area contributed by atoms with Gasteiger partial charge in [-0.05, 0) is 36.6 Å². The predicted octanol–water partition coefficient (Wildman–Crippen LogP) is 3.49. The molecule has 0 unspecified atom stereocenters. The molecular formula is C14H20BrNO2. The number of unbranched alkanes of at least 4 members (excludes halogenated alkanes) is 1. The largest absolute Gasteiger partial charge is 0.480 e. The minimum Gasteiger partial charge on any atom is -0.480 e. The lowest BCUT2D eigenvalue weighted by Gasteiger charge is -2.15. The van der Waals surface area contributed by atoms with Gasteiger partial charge in [0.2, 0.25) is 0 Å². The first-order chi connectivity index (χ1) is 8.54. The zero-order valence-corrected chi connectivity index (χ0v) is 12.5. The average molecular weight is 314 g/mol. The average Bonchev–Trinajstić information content (AvgIpc) is 2.31.